The zero-order valence-corrected chi connectivity index (χ0v) is 14.2. The third-order valence-electron chi connectivity index (χ3n) is 2.94. The van der Waals surface area contributed by atoms with Crippen LogP contribution < -0.4 is 5.32 Å². The summed E-state index contributed by atoms with van der Waals surface area (Å²) in [6.07, 6.45) is 1.91. The number of halogens is 2. The number of hydrogen-bond acceptors (Lipinski definition) is 3. The van der Waals surface area contributed by atoms with Gasteiger partial charge in [-0.05, 0) is 38.5 Å². The van der Waals surface area contributed by atoms with Crippen molar-refractivity contribution in [1.82, 2.24) is 10.3 Å². The van der Waals surface area contributed by atoms with Crippen LogP contribution in [0.5, 0.6) is 0 Å². The fourth-order valence-corrected chi connectivity index (χ4v) is 3.58. The molecule has 0 spiro atoms. The molecule has 0 fully saturated rings. The van der Waals surface area contributed by atoms with Crippen molar-refractivity contribution in [3.63, 3.8) is 0 Å². The molecule has 2 unspecified atom stereocenters. The SMILES string of the molecule is Cc1cnc(C(C)NC(C)c2ccc(Br)cc2Cl)s1. The Labute approximate surface area is 131 Å². The molecular weight excluding hydrogens is 344 g/mol. The van der Waals surface area contributed by atoms with Gasteiger partial charge in [0.15, 0.2) is 0 Å². The minimum Gasteiger partial charge on any atom is -0.301 e. The Kier molecular flexibility index (Phi) is 5.01. The van der Waals surface area contributed by atoms with E-state index in [0.717, 1.165) is 20.1 Å². The Morgan fingerprint density at radius 1 is 1.32 bits per heavy atom. The van der Waals surface area contributed by atoms with E-state index in [4.69, 9.17) is 11.6 Å². The molecule has 1 heterocycles. The first-order valence-electron chi connectivity index (χ1n) is 6.10. The maximum Gasteiger partial charge on any atom is 0.109 e. The third kappa shape index (κ3) is 3.78. The predicted molar refractivity (Wildman–Crippen MR) is 86.0 cm³/mol. The van der Waals surface area contributed by atoms with E-state index in [1.165, 1.54) is 4.88 Å². The average molecular weight is 360 g/mol. The van der Waals surface area contributed by atoms with Crippen LogP contribution in [0.1, 0.15) is 41.4 Å². The van der Waals surface area contributed by atoms with Crippen molar-refractivity contribution in [2.75, 3.05) is 0 Å². The van der Waals surface area contributed by atoms with Crippen molar-refractivity contribution in [2.24, 2.45) is 0 Å². The lowest BCUT2D eigenvalue weighted by atomic mass is 10.1. The van der Waals surface area contributed by atoms with Gasteiger partial charge < -0.3 is 5.32 Å². The minimum atomic E-state index is 0.180. The van der Waals surface area contributed by atoms with Gasteiger partial charge in [-0.1, -0.05) is 33.6 Å². The van der Waals surface area contributed by atoms with Gasteiger partial charge in [0, 0.05) is 26.6 Å². The first-order valence-corrected chi connectivity index (χ1v) is 8.09. The van der Waals surface area contributed by atoms with E-state index in [1.54, 1.807) is 11.3 Å². The molecule has 1 N–H and O–H groups in total. The molecule has 0 saturated carbocycles. The second kappa shape index (κ2) is 6.35. The van der Waals surface area contributed by atoms with Crippen LogP contribution in [0, 0.1) is 6.92 Å². The molecule has 5 heteroatoms. The first-order chi connectivity index (χ1) is 8.97. The molecule has 0 radical (unpaired) electrons. The summed E-state index contributed by atoms with van der Waals surface area (Å²) in [6, 6.07) is 6.38. The number of aromatic nitrogens is 1. The van der Waals surface area contributed by atoms with E-state index >= 15 is 0 Å². The van der Waals surface area contributed by atoms with Gasteiger partial charge in [-0.25, -0.2) is 4.98 Å². The van der Waals surface area contributed by atoms with Crippen molar-refractivity contribution >= 4 is 38.9 Å². The highest BCUT2D eigenvalue weighted by atomic mass is 79.9. The van der Waals surface area contributed by atoms with Gasteiger partial charge in [0.05, 0.1) is 6.04 Å². The lowest BCUT2D eigenvalue weighted by molar-refractivity contribution is 0.493. The number of nitrogens with zero attached hydrogens (tertiary/aromatic N) is 1. The van der Waals surface area contributed by atoms with Crippen LogP contribution in [-0.4, -0.2) is 4.98 Å². The number of hydrogen-bond donors (Lipinski definition) is 1. The molecule has 2 rings (SSSR count). The smallest absolute Gasteiger partial charge is 0.109 e. The molecule has 1 aromatic heterocycles. The fraction of sp³-hybridized carbons (Fsp3) is 0.357. The molecule has 0 aliphatic carbocycles. The first kappa shape index (κ1) is 15.0. The maximum absolute atomic E-state index is 6.27. The summed E-state index contributed by atoms with van der Waals surface area (Å²) < 4.78 is 0.997. The topological polar surface area (TPSA) is 24.9 Å². The van der Waals surface area contributed by atoms with Crippen molar-refractivity contribution in [3.05, 3.63) is 49.3 Å². The molecule has 2 nitrogen and oxygen atoms in total. The zero-order valence-electron chi connectivity index (χ0n) is 11.1. The van der Waals surface area contributed by atoms with Crippen molar-refractivity contribution in [3.8, 4) is 0 Å². The van der Waals surface area contributed by atoms with Crippen LogP contribution in [0.3, 0.4) is 0 Å². The number of aryl methyl sites for hydroxylation is 1. The monoisotopic (exact) mass is 358 g/mol. The van der Waals surface area contributed by atoms with E-state index in [-0.39, 0.29) is 12.1 Å². The van der Waals surface area contributed by atoms with E-state index in [0.29, 0.717) is 0 Å². The van der Waals surface area contributed by atoms with Crippen LogP contribution in [0.25, 0.3) is 0 Å². The Bertz CT molecular complexity index is 570. The van der Waals surface area contributed by atoms with E-state index in [1.807, 2.05) is 24.4 Å². The number of thiazole rings is 1. The summed E-state index contributed by atoms with van der Waals surface area (Å²) in [5.74, 6) is 0. The Morgan fingerprint density at radius 2 is 2.05 bits per heavy atom. The van der Waals surface area contributed by atoms with Gasteiger partial charge in [-0.2, -0.15) is 0 Å². The second-order valence-electron chi connectivity index (χ2n) is 4.59. The molecule has 0 aliphatic heterocycles. The normalized spacial score (nSPS) is 14.4. The molecule has 2 aromatic rings. The summed E-state index contributed by atoms with van der Waals surface area (Å²) in [5, 5.41) is 5.42. The van der Waals surface area contributed by atoms with Gasteiger partial charge in [0.1, 0.15) is 5.01 Å². The van der Waals surface area contributed by atoms with Crippen molar-refractivity contribution in [2.45, 2.75) is 32.9 Å². The Morgan fingerprint density at radius 3 is 2.63 bits per heavy atom. The van der Waals surface area contributed by atoms with E-state index < -0.39 is 0 Å². The quantitative estimate of drug-likeness (QED) is 0.803. The lowest BCUT2D eigenvalue weighted by Crippen LogP contribution is -2.22. The maximum atomic E-state index is 6.27. The van der Waals surface area contributed by atoms with Gasteiger partial charge in [0.2, 0.25) is 0 Å². The van der Waals surface area contributed by atoms with Crippen molar-refractivity contribution < 1.29 is 0 Å². The third-order valence-corrected chi connectivity index (χ3v) is 4.85. The van der Waals surface area contributed by atoms with Crippen LogP contribution in [0.4, 0.5) is 0 Å². The largest absolute Gasteiger partial charge is 0.301 e. The number of nitrogens with one attached hydrogen (secondary N) is 1. The Hall–Kier alpha value is -0.420. The van der Waals surface area contributed by atoms with E-state index in [9.17, 15) is 0 Å². The van der Waals surface area contributed by atoms with Crippen LogP contribution in [0.15, 0.2) is 28.9 Å². The van der Waals surface area contributed by atoms with E-state index in [2.05, 4.69) is 47.0 Å². The molecule has 2 atom stereocenters. The summed E-state index contributed by atoms with van der Waals surface area (Å²) >= 11 is 11.4. The molecule has 0 aliphatic rings. The predicted octanol–water partition coefficient (Wildman–Crippen LogP) is 5.28. The second-order valence-corrected chi connectivity index (χ2v) is 7.17. The minimum absolute atomic E-state index is 0.180. The summed E-state index contributed by atoms with van der Waals surface area (Å²) in [6.45, 7) is 6.32. The zero-order chi connectivity index (χ0) is 14.0. The van der Waals surface area contributed by atoms with Gasteiger partial charge in [0.25, 0.3) is 0 Å². The molecule has 0 bridgehead atoms. The molecule has 0 saturated heterocycles. The molecule has 102 valence electrons. The Balaban J connectivity index is 2.10. The lowest BCUT2D eigenvalue weighted by Gasteiger charge is -2.20. The fourth-order valence-electron chi connectivity index (χ4n) is 1.96. The molecule has 0 amide bonds. The van der Waals surface area contributed by atoms with Crippen LogP contribution in [0.2, 0.25) is 5.02 Å². The number of benzene rings is 1. The summed E-state index contributed by atoms with van der Waals surface area (Å²) in [4.78, 5) is 5.65. The highest BCUT2D eigenvalue weighted by molar-refractivity contribution is 9.10. The molecule has 1 aromatic carbocycles. The molecular formula is C14H16BrClN2S. The molecule has 19 heavy (non-hydrogen) atoms. The number of rotatable bonds is 4. The highest BCUT2D eigenvalue weighted by Crippen LogP contribution is 2.28. The average Bonchev–Trinajstić information content (AvgIpc) is 2.75. The summed E-state index contributed by atoms with van der Waals surface area (Å²) in [7, 11) is 0. The summed E-state index contributed by atoms with van der Waals surface area (Å²) in [5.41, 5.74) is 1.10. The van der Waals surface area contributed by atoms with Crippen LogP contribution >= 0.6 is 38.9 Å². The van der Waals surface area contributed by atoms with Gasteiger partial charge in [-0.15, -0.1) is 11.3 Å². The van der Waals surface area contributed by atoms with Gasteiger partial charge >= 0.3 is 0 Å². The standard InChI is InChI=1S/C14H16BrClN2S/c1-8-7-17-14(19-8)10(3)18-9(2)12-5-4-11(15)6-13(12)16/h4-7,9-10,18H,1-3H3. The highest BCUT2D eigenvalue weighted by Gasteiger charge is 2.15. The van der Waals surface area contributed by atoms with Crippen LogP contribution in [-0.2, 0) is 0 Å². The van der Waals surface area contributed by atoms with Crippen molar-refractivity contribution in [1.29, 1.82) is 0 Å². The van der Waals surface area contributed by atoms with Gasteiger partial charge in [-0.3, -0.25) is 0 Å².